The lowest BCUT2D eigenvalue weighted by Crippen LogP contribution is -2.28. The lowest BCUT2D eigenvalue weighted by Gasteiger charge is -2.24. The van der Waals surface area contributed by atoms with Crippen LogP contribution in [0, 0.1) is 6.92 Å². The molecule has 0 amide bonds. The van der Waals surface area contributed by atoms with Gasteiger partial charge in [-0.15, -0.1) is 0 Å². The maximum atomic E-state index is 11.1. The zero-order chi connectivity index (χ0) is 12.1. The summed E-state index contributed by atoms with van der Waals surface area (Å²) in [4.78, 5) is 13.3. The largest absolute Gasteiger partial charge is 0.356 e. The molecule has 0 spiro atoms. The molecule has 0 atom stereocenters. The minimum Gasteiger partial charge on any atom is -0.356 e. The molecule has 1 rings (SSSR count). The van der Waals surface area contributed by atoms with E-state index in [0.717, 1.165) is 49.3 Å². The number of rotatable bonds is 6. The summed E-state index contributed by atoms with van der Waals surface area (Å²) in [5.74, 6) is 0.955. The van der Waals surface area contributed by atoms with Crippen molar-refractivity contribution in [3.63, 3.8) is 0 Å². The van der Waals surface area contributed by atoms with Gasteiger partial charge in [-0.25, -0.2) is 0 Å². The average Bonchev–Trinajstić information content (AvgIpc) is 2.52. The van der Waals surface area contributed by atoms with Crippen LogP contribution in [-0.4, -0.2) is 29.2 Å². The Kier molecular flexibility index (Phi) is 4.52. The van der Waals surface area contributed by atoms with E-state index in [0.29, 0.717) is 0 Å². The molecule has 0 saturated carbocycles. The number of hydrogen-bond donors (Lipinski definition) is 0. The smallest absolute Gasteiger partial charge is 0.155 e. The van der Waals surface area contributed by atoms with Gasteiger partial charge in [-0.3, -0.25) is 9.48 Å². The summed E-state index contributed by atoms with van der Waals surface area (Å²) in [5.41, 5.74) is 1.54. The summed E-state index contributed by atoms with van der Waals surface area (Å²) in [6.07, 6.45) is 3.06. The van der Waals surface area contributed by atoms with Crippen molar-refractivity contribution in [2.45, 2.75) is 33.6 Å². The van der Waals surface area contributed by atoms with Gasteiger partial charge in [-0.05, 0) is 19.8 Å². The molecule has 90 valence electrons. The van der Waals surface area contributed by atoms with Crippen molar-refractivity contribution in [3.8, 4) is 0 Å². The zero-order valence-electron chi connectivity index (χ0n) is 10.7. The fourth-order valence-electron chi connectivity index (χ4n) is 2.04. The fourth-order valence-corrected chi connectivity index (χ4v) is 2.04. The molecule has 0 unspecified atom stereocenters. The van der Waals surface area contributed by atoms with Gasteiger partial charge in [0.05, 0.1) is 11.3 Å². The molecule has 1 heterocycles. The highest BCUT2D eigenvalue weighted by Gasteiger charge is 2.17. The first kappa shape index (κ1) is 12.7. The average molecular weight is 223 g/mol. The molecular formula is C12H21N3O. The van der Waals surface area contributed by atoms with Gasteiger partial charge in [0.1, 0.15) is 5.82 Å². The second-order valence-electron chi connectivity index (χ2n) is 4.05. The van der Waals surface area contributed by atoms with Gasteiger partial charge >= 0.3 is 0 Å². The second-order valence-corrected chi connectivity index (χ2v) is 4.05. The maximum absolute atomic E-state index is 11.1. The molecule has 0 aliphatic carbocycles. The number of aryl methyl sites for hydroxylation is 2. The summed E-state index contributed by atoms with van der Waals surface area (Å²) in [7, 11) is 1.90. The number of hydrogen-bond acceptors (Lipinski definition) is 3. The number of nitrogens with zero attached hydrogens (tertiary/aromatic N) is 3. The van der Waals surface area contributed by atoms with E-state index in [1.54, 1.807) is 0 Å². The molecule has 4 heteroatoms. The van der Waals surface area contributed by atoms with Gasteiger partial charge in [0, 0.05) is 20.1 Å². The standard InChI is InChI=1S/C12H21N3O/c1-5-7-15(8-6-2)12-11(9-16)10(3)13-14(12)4/h9H,5-8H2,1-4H3. The van der Waals surface area contributed by atoms with Gasteiger partial charge in [-0.2, -0.15) is 5.10 Å². The fraction of sp³-hybridized carbons (Fsp3) is 0.667. The molecule has 0 radical (unpaired) electrons. The molecular weight excluding hydrogens is 202 g/mol. The Morgan fingerprint density at radius 3 is 2.31 bits per heavy atom. The lowest BCUT2D eigenvalue weighted by molar-refractivity contribution is 0.112. The number of anilines is 1. The van der Waals surface area contributed by atoms with Crippen LogP contribution in [0.5, 0.6) is 0 Å². The highest BCUT2D eigenvalue weighted by atomic mass is 16.1. The van der Waals surface area contributed by atoms with Crippen LogP contribution < -0.4 is 4.90 Å². The van der Waals surface area contributed by atoms with Crippen molar-refractivity contribution in [2.24, 2.45) is 7.05 Å². The third kappa shape index (κ3) is 2.43. The Morgan fingerprint density at radius 1 is 1.31 bits per heavy atom. The Bertz CT molecular complexity index is 351. The van der Waals surface area contributed by atoms with E-state index in [1.807, 2.05) is 18.7 Å². The van der Waals surface area contributed by atoms with Crippen LogP contribution in [0.25, 0.3) is 0 Å². The van der Waals surface area contributed by atoms with Crippen LogP contribution >= 0.6 is 0 Å². The first-order valence-electron chi connectivity index (χ1n) is 5.89. The zero-order valence-corrected chi connectivity index (χ0v) is 10.7. The van der Waals surface area contributed by atoms with E-state index in [1.165, 1.54) is 0 Å². The third-order valence-corrected chi connectivity index (χ3v) is 2.64. The van der Waals surface area contributed by atoms with Gasteiger partial charge in [0.25, 0.3) is 0 Å². The Hall–Kier alpha value is -1.32. The van der Waals surface area contributed by atoms with Gasteiger partial charge in [0.2, 0.25) is 0 Å². The minimum absolute atomic E-state index is 0.726. The van der Waals surface area contributed by atoms with Crippen molar-refractivity contribution in [3.05, 3.63) is 11.3 Å². The first-order chi connectivity index (χ1) is 7.65. The molecule has 0 aliphatic heterocycles. The van der Waals surface area contributed by atoms with E-state index in [-0.39, 0.29) is 0 Å². The van der Waals surface area contributed by atoms with Crippen LogP contribution in [0.2, 0.25) is 0 Å². The normalized spacial score (nSPS) is 10.5. The summed E-state index contributed by atoms with van der Waals surface area (Å²) < 4.78 is 1.81. The molecule has 0 fully saturated rings. The van der Waals surface area contributed by atoms with Gasteiger partial charge in [0.15, 0.2) is 6.29 Å². The van der Waals surface area contributed by atoms with Crippen molar-refractivity contribution < 1.29 is 4.79 Å². The molecule has 1 aromatic rings. The lowest BCUT2D eigenvalue weighted by atomic mass is 10.2. The monoisotopic (exact) mass is 223 g/mol. The Balaban J connectivity index is 3.10. The van der Waals surface area contributed by atoms with Gasteiger partial charge in [-0.1, -0.05) is 13.8 Å². The molecule has 4 nitrogen and oxygen atoms in total. The van der Waals surface area contributed by atoms with Gasteiger partial charge < -0.3 is 4.90 Å². The number of carbonyl (C=O) groups excluding carboxylic acids is 1. The molecule has 1 aromatic heterocycles. The maximum Gasteiger partial charge on any atom is 0.155 e. The molecule has 0 bridgehead atoms. The number of carbonyl (C=O) groups is 1. The summed E-state index contributed by atoms with van der Waals surface area (Å²) >= 11 is 0. The molecule has 0 aliphatic rings. The van der Waals surface area contributed by atoms with Crippen LogP contribution in [0.3, 0.4) is 0 Å². The molecule has 16 heavy (non-hydrogen) atoms. The minimum atomic E-state index is 0.726. The molecule has 0 aromatic carbocycles. The predicted octanol–water partition coefficient (Wildman–Crippen LogP) is 2.17. The quantitative estimate of drug-likeness (QED) is 0.694. The van der Waals surface area contributed by atoms with E-state index in [9.17, 15) is 4.79 Å². The summed E-state index contributed by atoms with van der Waals surface area (Å²) in [6, 6.07) is 0. The third-order valence-electron chi connectivity index (χ3n) is 2.64. The SMILES string of the molecule is CCCN(CCC)c1c(C=O)c(C)nn1C. The Morgan fingerprint density at radius 2 is 1.88 bits per heavy atom. The van der Waals surface area contributed by atoms with Crippen molar-refractivity contribution >= 4 is 12.1 Å². The van der Waals surface area contributed by atoms with Crippen LogP contribution in [0.1, 0.15) is 42.7 Å². The van der Waals surface area contributed by atoms with Crippen molar-refractivity contribution in [2.75, 3.05) is 18.0 Å². The first-order valence-corrected chi connectivity index (χ1v) is 5.89. The topological polar surface area (TPSA) is 38.1 Å². The number of aldehydes is 1. The van der Waals surface area contributed by atoms with E-state index in [4.69, 9.17) is 0 Å². The van der Waals surface area contributed by atoms with E-state index in [2.05, 4.69) is 23.8 Å². The second kappa shape index (κ2) is 5.68. The van der Waals surface area contributed by atoms with E-state index < -0.39 is 0 Å². The van der Waals surface area contributed by atoms with E-state index >= 15 is 0 Å². The van der Waals surface area contributed by atoms with Crippen LogP contribution in [0.4, 0.5) is 5.82 Å². The summed E-state index contributed by atoms with van der Waals surface area (Å²) in [6.45, 7) is 8.10. The molecule has 0 N–H and O–H groups in total. The van der Waals surface area contributed by atoms with Crippen molar-refractivity contribution in [1.82, 2.24) is 9.78 Å². The highest BCUT2D eigenvalue weighted by molar-refractivity contribution is 5.84. The highest BCUT2D eigenvalue weighted by Crippen LogP contribution is 2.21. The Labute approximate surface area is 97.2 Å². The molecule has 0 saturated heterocycles. The van der Waals surface area contributed by atoms with Crippen molar-refractivity contribution in [1.29, 1.82) is 0 Å². The summed E-state index contributed by atoms with van der Waals surface area (Å²) in [5, 5.41) is 4.31. The predicted molar refractivity (Wildman–Crippen MR) is 66.1 cm³/mol. The number of aromatic nitrogens is 2. The van der Waals surface area contributed by atoms with Crippen LogP contribution in [0.15, 0.2) is 0 Å². The van der Waals surface area contributed by atoms with Crippen LogP contribution in [-0.2, 0) is 7.05 Å².